The Morgan fingerprint density at radius 1 is 1.00 bits per heavy atom. The van der Waals surface area contributed by atoms with E-state index in [1.54, 1.807) is 0 Å². The fourth-order valence-corrected chi connectivity index (χ4v) is 3.51. The Balaban J connectivity index is 2.08. The second kappa shape index (κ2) is 7.15. The van der Waals surface area contributed by atoms with Crippen LogP contribution in [0.25, 0.3) is 0 Å². The first-order valence-corrected chi connectivity index (χ1v) is 7.90. The maximum atomic E-state index is 12.5. The van der Waals surface area contributed by atoms with Crippen LogP contribution < -0.4 is 0 Å². The molecule has 0 aromatic heterocycles. The summed E-state index contributed by atoms with van der Waals surface area (Å²) < 4.78 is 12.5. The molecule has 0 spiro atoms. The fourth-order valence-electron chi connectivity index (χ4n) is 2.12. The van der Waals surface area contributed by atoms with E-state index in [1.807, 2.05) is 60.7 Å². The third-order valence-electron chi connectivity index (χ3n) is 3.23. The first-order chi connectivity index (χ1) is 9.68. The number of ketones is 1. The van der Waals surface area contributed by atoms with E-state index in [2.05, 4.69) is 0 Å². The average Bonchev–Trinajstić information content (AvgIpc) is 2.49. The summed E-state index contributed by atoms with van der Waals surface area (Å²) in [5.41, 5.74) is 1.17. The lowest BCUT2D eigenvalue weighted by molar-refractivity contribution is -0.116. The molecule has 0 heterocycles. The summed E-state index contributed by atoms with van der Waals surface area (Å²) in [6.07, 6.45) is 1.38. The Kier molecular flexibility index (Phi) is 5.24. The van der Waals surface area contributed by atoms with Crippen LogP contribution in [0, 0.1) is 0 Å². The standard InChI is InChI=1S/C17H18O2S/c1-14(18)17(13-12-15-8-4-2-5-9-15)20(19)16-10-6-3-7-11-16/h2-11,17H,12-13H2,1H3. The Morgan fingerprint density at radius 3 is 2.10 bits per heavy atom. The van der Waals surface area contributed by atoms with Crippen molar-refractivity contribution < 1.29 is 9.00 Å². The largest absolute Gasteiger partial charge is 0.299 e. The van der Waals surface area contributed by atoms with E-state index in [-0.39, 0.29) is 5.78 Å². The van der Waals surface area contributed by atoms with Gasteiger partial charge in [-0.25, -0.2) is 0 Å². The van der Waals surface area contributed by atoms with Crippen molar-refractivity contribution in [2.75, 3.05) is 0 Å². The monoisotopic (exact) mass is 286 g/mol. The molecule has 0 N–H and O–H groups in total. The van der Waals surface area contributed by atoms with Gasteiger partial charge >= 0.3 is 0 Å². The molecule has 2 aromatic rings. The third kappa shape index (κ3) is 3.87. The highest BCUT2D eigenvalue weighted by atomic mass is 32.2. The Morgan fingerprint density at radius 2 is 1.55 bits per heavy atom. The Bertz CT molecular complexity index is 578. The molecule has 0 fully saturated rings. The lowest BCUT2D eigenvalue weighted by Crippen LogP contribution is -2.24. The number of hydrogen-bond donors (Lipinski definition) is 0. The predicted molar refractivity (Wildman–Crippen MR) is 82.1 cm³/mol. The molecule has 20 heavy (non-hydrogen) atoms. The Hall–Kier alpha value is -1.74. The molecule has 2 rings (SSSR count). The van der Waals surface area contributed by atoms with Crippen molar-refractivity contribution in [3.05, 3.63) is 66.2 Å². The van der Waals surface area contributed by atoms with Crippen molar-refractivity contribution in [1.29, 1.82) is 0 Å². The number of carbonyl (C=O) groups is 1. The summed E-state index contributed by atoms with van der Waals surface area (Å²) in [7, 11) is -1.27. The normalized spacial score (nSPS) is 13.7. The van der Waals surface area contributed by atoms with E-state index in [1.165, 1.54) is 12.5 Å². The number of rotatable bonds is 6. The smallest absolute Gasteiger partial charge is 0.145 e. The molecule has 0 amide bonds. The van der Waals surface area contributed by atoms with E-state index >= 15 is 0 Å². The molecule has 2 atom stereocenters. The van der Waals surface area contributed by atoms with Crippen LogP contribution in [0.2, 0.25) is 0 Å². The minimum Gasteiger partial charge on any atom is -0.299 e. The van der Waals surface area contributed by atoms with Crippen molar-refractivity contribution in [1.82, 2.24) is 0 Å². The molecule has 0 aliphatic rings. The molecule has 0 aliphatic heterocycles. The number of aryl methyl sites for hydroxylation is 1. The molecular weight excluding hydrogens is 268 g/mol. The topological polar surface area (TPSA) is 34.1 Å². The van der Waals surface area contributed by atoms with Crippen molar-refractivity contribution >= 4 is 16.6 Å². The first-order valence-electron chi connectivity index (χ1n) is 6.68. The first kappa shape index (κ1) is 14.7. The number of Topliss-reactive ketones (excluding diaryl/α,β-unsaturated/α-hetero) is 1. The summed E-state index contributed by atoms with van der Waals surface area (Å²) in [6, 6.07) is 19.2. The van der Waals surface area contributed by atoms with Crippen molar-refractivity contribution in [2.24, 2.45) is 0 Å². The molecule has 0 saturated carbocycles. The SMILES string of the molecule is CC(=O)C(CCc1ccccc1)S(=O)c1ccccc1. The van der Waals surface area contributed by atoms with E-state index in [0.717, 1.165) is 11.3 Å². The molecule has 0 bridgehead atoms. The van der Waals surface area contributed by atoms with Crippen LogP contribution in [0.3, 0.4) is 0 Å². The summed E-state index contributed by atoms with van der Waals surface area (Å²) in [4.78, 5) is 12.5. The van der Waals surface area contributed by atoms with E-state index in [9.17, 15) is 9.00 Å². The van der Waals surface area contributed by atoms with Gasteiger partial charge in [0, 0.05) is 4.90 Å². The minimum absolute atomic E-state index is 0.0110. The highest BCUT2D eigenvalue weighted by Gasteiger charge is 2.22. The average molecular weight is 286 g/mol. The van der Waals surface area contributed by atoms with Crippen LogP contribution in [0.15, 0.2) is 65.6 Å². The molecular formula is C17H18O2S. The van der Waals surface area contributed by atoms with E-state index in [0.29, 0.717) is 6.42 Å². The van der Waals surface area contributed by atoms with Gasteiger partial charge in [-0.2, -0.15) is 0 Å². The third-order valence-corrected chi connectivity index (χ3v) is 5.05. The van der Waals surface area contributed by atoms with Crippen molar-refractivity contribution in [3.8, 4) is 0 Å². The van der Waals surface area contributed by atoms with Crippen LogP contribution in [-0.4, -0.2) is 15.2 Å². The predicted octanol–water partition coefficient (Wildman–Crippen LogP) is 3.38. The zero-order valence-corrected chi connectivity index (χ0v) is 12.3. The Labute approximate surface area is 122 Å². The van der Waals surface area contributed by atoms with Crippen molar-refractivity contribution in [3.63, 3.8) is 0 Å². The molecule has 2 aromatic carbocycles. The summed E-state index contributed by atoms with van der Waals surface area (Å²) in [6.45, 7) is 1.52. The van der Waals surface area contributed by atoms with Gasteiger partial charge in [0.2, 0.25) is 0 Å². The minimum atomic E-state index is -1.27. The molecule has 3 heteroatoms. The van der Waals surface area contributed by atoms with Gasteiger partial charge in [-0.15, -0.1) is 0 Å². The van der Waals surface area contributed by atoms with Crippen LogP contribution >= 0.6 is 0 Å². The zero-order chi connectivity index (χ0) is 14.4. The highest BCUT2D eigenvalue weighted by molar-refractivity contribution is 7.86. The molecule has 2 nitrogen and oxygen atoms in total. The van der Waals surface area contributed by atoms with Crippen molar-refractivity contribution in [2.45, 2.75) is 29.9 Å². The zero-order valence-electron chi connectivity index (χ0n) is 11.5. The molecule has 0 radical (unpaired) electrons. The van der Waals surface area contributed by atoms with Gasteiger partial charge < -0.3 is 0 Å². The van der Waals surface area contributed by atoms with Gasteiger partial charge in [0.05, 0.1) is 16.0 Å². The van der Waals surface area contributed by atoms with Gasteiger partial charge in [0.25, 0.3) is 0 Å². The van der Waals surface area contributed by atoms with Crippen LogP contribution in [0.4, 0.5) is 0 Å². The van der Waals surface area contributed by atoms with Crippen LogP contribution in [0.1, 0.15) is 18.9 Å². The summed E-state index contributed by atoms with van der Waals surface area (Å²) >= 11 is 0. The quantitative estimate of drug-likeness (QED) is 0.815. The van der Waals surface area contributed by atoms with Gasteiger partial charge in [0.15, 0.2) is 0 Å². The lowest BCUT2D eigenvalue weighted by Gasteiger charge is -2.13. The highest BCUT2D eigenvalue weighted by Crippen LogP contribution is 2.17. The molecule has 104 valence electrons. The number of carbonyl (C=O) groups excluding carboxylic acids is 1. The molecule has 0 aliphatic carbocycles. The van der Waals surface area contributed by atoms with E-state index in [4.69, 9.17) is 0 Å². The maximum absolute atomic E-state index is 12.5. The summed E-state index contributed by atoms with van der Waals surface area (Å²) in [5.74, 6) is -0.0110. The maximum Gasteiger partial charge on any atom is 0.145 e. The molecule has 2 unspecified atom stereocenters. The number of benzene rings is 2. The van der Waals surface area contributed by atoms with E-state index < -0.39 is 16.0 Å². The van der Waals surface area contributed by atoms with Gasteiger partial charge in [-0.3, -0.25) is 9.00 Å². The van der Waals surface area contributed by atoms with Crippen LogP contribution in [0.5, 0.6) is 0 Å². The second-order valence-corrected chi connectivity index (χ2v) is 6.37. The van der Waals surface area contributed by atoms with Crippen LogP contribution in [-0.2, 0) is 22.0 Å². The van der Waals surface area contributed by atoms with Gasteiger partial charge in [-0.1, -0.05) is 48.5 Å². The lowest BCUT2D eigenvalue weighted by atomic mass is 10.1. The second-order valence-electron chi connectivity index (χ2n) is 4.73. The van der Waals surface area contributed by atoms with Gasteiger partial charge in [0.1, 0.15) is 5.78 Å². The summed E-state index contributed by atoms with van der Waals surface area (Å²) in [5, 5.41) is -0.433. The van der Waals surface area contributed by atoms with Gasteiger partial charge in [-0.05, 0) is 37.5 Å². The number of hydrogen-bond acceptors (Lipinski definition) is 2. The molecule has 0 saturated heterocycles. The fraction of sp³-hybridized carbons (Fsp3) is 0.235.